The number of piperidine rings is 1. The summed E-state index contributed by atoms with van der Waals surface area (Å²) in [6, 6.07) is 5.84. The third kappa shape index (κ3) is 2.96. The third-order valence-electron chi connectivity index (χ3n) is 3.65. The van der Waals surface area contributed by atoms with E-state index in [2.05, 4.69) is 4.90 Å². The monoisotopic (exact) mass is 249 g/mol. The van der Waals surface area contributed by atoms with Crippen LogP contribution in [0.15, 0.2) is 24.3 Å². The lowest BCUT2D eigenvalue weighted by Crippen LogP contribution is -2.43. The lowest BCUT2D eigenvalue weighted by molar-refractivity contribution is 0.0777. The van der Waals surface area contributed by atoms with Gasteiger partial charge in [-0.25, -0.2) is 4.39 Å². The maximum Gasteiger partial charge on any atom is 0.179 e. The second-order valence-electron chi connectivity index (χ2n) is 4.89. The largest absolute Gasteiger partial charge is 0.293 e. The second kappa shape index (κ2) is 6.10. The Kier molecular flexibility index (Phi) is 4.48. The average Bonchev–Trinajstić information content (AvgIpc) is 2.41. The molecule has 2 rings (SSSR count). The molecule has 0 bridgehead atoms. The zero-order chi connectivity index (χ0) is 13.0. The predicted octanol–water partition coefficient (Wildman–Crippen LogP) is 3.27. The highest BCUT2D eigenvalue weighted by atomic mass is 19.1. The van der Waals surface area contributed by atoms with Gasteiger partial charge in [0.2, 0.25) is 0 Å². The summed E-state index contributed by atoms with van der Waals surface area (Å²) in [4.78, 5) is 14.7. The molecule has 1 aliphatic rings. The van der Waals surface area contributed by atoms with E-state index in [1.807, 2.05) is 6.92 Å². The van der Waals surface area contributed by atoms with Crippen molar-refractivity contribution >= 4 is 5.78 Å². The van der Waals surface area contributed by atoms with Crippen LogP contribution in [0.4, 0.5) is 4.39 Å². The number of nitrogens with zero attached hydrogens (tertiary/aromatic N) is 1. The first-order valence-electron chi connectivity index (χ1n) is 6.76. The quantitative estimate of drug-likeness (QED) is 0.763. The lowest BCUT2D eigenvalue weighted by atomic mass is 9.98. The van der Waals surface area contributed by atoms with Crippen LogP contribution in [-0.2, 0) is 0 Å². The highest BCUT2D eigenvalue weighted by Gasteiger charge is 2.26. The normalized spacial score (nSPS) is 18.6. The number of rotatable bonds is 4. The van der Waals surface area contributed by atoms with Gasteiger partial charge in [-0.1, -0.05) is 13.3 Å². The fourth-order valence-electron chi connectivity index (χ4n) is 2.65. The van der Waals surface area contributed by atoms with E-state index in [9.17, 15) is 9.18 Å². The molecule has 2 nitrogen and oxygen atoms in total. The smallest absolute Gasteiger partial charge is 0.179 e. The van der Waals surface area contributed by atoms with E-state index in [1.54, 1.807) is 12.1 Å². The van der Waals surface area contributed by atoms with Crippen LogP contribution < -0.4 is 0 Å². The van der Waals surface area contributed by atoms with Gasteiger partial charge in [-0.2, -0.15) is 0 Å². The Balaban J connectivity index is 2.11. The summed E-state index contributed by atoms with van der Waals surface area (Å²) < 4.78 is 12.9. The van der Waals surface area contributed by atoms with Crippen molar-refractivity contribution in [1.29, 1.82) is 0 Å². The van der Waals surface area contributed by atoms with Gasteiger partial charge in [-0.05, 0) is 56.6 Å². The molecule has 1 aliphatic heterocycles. The van der Waals surface area contributed by atoms with Crippen LogP contribution in [0.2, 0.25) is 0 Å². The van der Waals surface area contributed by atoms with Gasteiger partial charge in [0, 0.05) is 5.56 Å². The van der Waals surface area contributed by atoms with E-state index >= 15 is 0 Å². The van der Waals surface area contributed by atoms with Crippen molar-refractivity contribution in [1.82, 2.24) is 4.90 Å². The minimum Gasteiger partial charge on any atom is -0.293 e. The van der Waals surface area contributed by atoms with Crippen molar-refractivity contribution in [2.75, 3.05) is 13.1 Å². The van der Waals surface area contributed by atoms with E-state index in [4.69, 9.17) is 0 Å². The van der Waals surface area contributed by atoms with Crippen LogP contribution in [0.25, 0.3) is 0 Å². The summed E-state index contributed by atoms with van der Waals surface area (Å²) in [5.74, 6) is -0.169. The van der Waals surface area contributed by atoms with Crippen molar-refractivity contribution in [2.24, 2.45) is 0 Å². The first-order chi connectivity index (χ1) is 8.72. The van der Waals surface area contributed by atoms with Gasteiger partial charge >= 0.3 is 0 Å². The number of halogens is 1. The molecular weight excluding hydrogens is 229 g/mol. The molecule has 0 aromatic heterocycles. The van der Waals surface area contributed by atoms with E-state index in [-0.39, 0.29) is 17.6 Å². The molecule has 1 atom stereocenters. The van der Waals surface area contributed by atoms with Crippen LogP contribution in [-0.4, -0.2) is 29.8 Å². The Morgan fingerprint density at radius 3 is 2.39 bits per heavy atom. The first kappa shape index (κ1) is 13.2. The van der Waals surface area contributed by atoms with Gasteiger partial charge in [-0.3, -0.25) is 9.69 Å². The van der Waals surface area contributed by atoms with E-state index < -0.39 is 0 Å². The summed E-state index contributed by atoms with van der Waals surface area (Å²) in [5.41, 5.74) is 0.619. The summed E-state index contributed by atoms with van der Waals surface area (Å²) in [6.07, 6.45) is 4.42. The van der Waals surface area contributed by atoms with Gasteiger partial charge in [0.15, 0.2) is 5.78 Å². The zero-order valence-electron chi connectivity index (χ0n) is 10.9. The van der Waals surface area contributed by atoms with Crippen molar-refractivity contribution in [3.05, 3.63) is 35.6 Å². The molecule has 3 heteroatoms. The molecule has 18 heavy (non-hydrogen) atoms. The van der Waals surface area contributed by atoms with Gasteiger partial charge in [-0.15, -0.1) is 0 Å². The third-order valence-corrected chi connectivity index (χ3v) is 3.65. The number of carbonyl (C=O) groups excluding carboxylic acids is 1. The van der Waals surface area contributed by atoms with Crippen LogP contribution in [0.5, 0.6) is 0 Å². The van der Waals surface area contributed by atoms with Gasteiger partial charge < -0.3 is 0 Å². The summed E-state index contributed by atoms with van der Waals surface area (Å²) >= 11 is 0. The number of Topliss-reactive ketones (excluding diaryl/α,β-unsaturated/α-hetero) is 1. The molecule has 1 heterocycles. The molecule has 0 N–H and O–H groups in total. The number of carbonyl (C=O) groups is 1. The van der Waals surface area contributed by atoms with Crippen molar-refractivity contribution in [2.45, 2.75) is 38.6 Å². The van der Waals surface area contributed by atoms with Crippen LogP contribution >= 0.6 is 0 Å². The first-order valence-corrected chi connectivity index (χ1v) is 6.76. The maximum atomic E-state index is 12.9. The lowest BCUT2D eigenvalue weighted by Gasteiger charge is -2.33. The van der Waals surface area contributed by atoms with E-state index in [0.717, 1.165) is 19.5 Å². The number of likely N-dealkylation sites (tertiary alicyclic amines) is 1. The molecular formula is C15H20FNO. The standard InChI is InChI=1S/C15H20FNO/c1-2-14(17-10-4-3-5-11-17)15(18)12-6-8-13(16)9-7-12/h6-9,14H,2-5,10-11H2,1H3. The fraction of sp³-hybridized carbons (Fsp3) is 0.533. The molecule has 0 saturated carbocycles. The van der Waals surface area contributed by atoms with Gasteiger partial charge in [0.05, 0.1) is 6.04 Å². The molecule has 1 fully saturated rings. The number of hydrogen-bond donors (Lipinski definition) is 0. The highest BCUT2D eigenvalue weighted by Crippen LogP contribution is 2.18. The highest BCUT2D eigenvalue weighted by molar-refractivity contribution is 6.00. The van der Waals surface area contributed by atoms with Gasteiger partial charge in [0.1, 0.15) is 5.82 Å². The molecule has 0 spiro atoms. The molecule has 0 amide bonds. The minimum absolute atomic E-state index is 0.0456. The van der Waals surface area contributed by atoms with E-state index in [0.29, 0.717) is 5.56 Å². The SMILES string of the molecule is CCC(C(=O)c1ccc(F)cc1)N1CCCCC1. The average molecular weight is 249 g/mol. The maximum absolute atomic E-state index is 12.9. The Bertz CT molecular complexity index is 395. The topological polar surface area (TPSA) is 20.3 Å². The van der Waals surface area contributed by atoms with Crippen molar-refractivity contribution in [3.63, 3.8) is 0 Å². The Morgan fingerprint density at radius 2 is 1.83 bits per heavy atom. The molecule has 0 radical (unpaired) electrons. The van der Waals surface area contributed by atoms with Crippen molar-refractivity contribution in [3.8, 4) is 0 Å². The Labute approximate surface area is 108 Å². The van der Waals surface area contributed by atoms with Gasteiger partial charge in [0.25, 0.3) is 0 Å². The molecule has 98 valence electrons. The minimum atomic E-state index is -0.294. The molecule has 1 aromatic carbocycles. The summed E-state index contributed by atoms with van der Waals surface area (Å²) in [5, 5.41) is 0. The Hall–Kier alpha value is -1.22. The molecule has 1 saturated heterocycles. The van der Waals surface area contributed by atoms with Crippen molar-refractivity contribution < 1.29 is 9.18 Å². The number of ketones is 1. The fourth-order valence-corrected chi connectivity index (χ4v) is 2.65. The Morgan fingerprint density at radius 1 is 1.22 bits per heavy atom. The van der Waals surface area contributed by atoms with Crippen LogP contribution in [0, 0.1) is 5.82 Å². The van der Waals surface area contributed by atoms with Crippen LogP contribution in [0.3, 0.4) is 0 Å². The summed E-state index contributed by atoms with van der Waals surface area (Å²) in [6.45, 7) is 4.05. The number of benzene rings is 1. The molecule has 1 unspecified atom stereocenters. The number of hydrogen-bond acceptors (Lipinski definition) is 2. The zero-order valence-corrected chi connectivity index (χ0v) is 10.9. The molecule has 1 aromatic rings. The van der Waals surface area contributed by atoms with E-state index in [1.165, 1.54) is 31.4 Å². The molecule has 0 aliphatic carbocycles. The summed E-state index contributed by atoms with van der Waals surface area (Å²) in [7, 11) is 0. The van der Waals surface area contributed by atoms with Crippen LogP contribution in [0.1, 0.15) is 43.0 Å². The predicted molar refractivity (Wildman–Crippen MR) is 70.2 cm³/mol. The second-order valence-corrected chi connectivity index (χ2v) is 4.89.